The average Bonchev–Trinajstić information content (AvgIpc) is 2.26. The predicted molar refractivity (Wildman–Crippen MR) is 78.0 cm³/mol. The van der Waals surface area contributed by atoms with Crippen LogP contribution in [-0.2, 0) is 4.79 Å². The molecule has 0 spiro atoms. The van der Waals surface area contributed by atoms with E-state index < -0.39 is 5.97 Å². The maximum Gasteiger partial charge on any atom is 0.323 e. The highest BCUT2D eigenvalue weighted by Gasteiger charge is 2.37. The van der Waals surface area contributed by atoms with E-state index in [2.05, 4.69) is 46.8 Å². The summed E-state index contributed by atoms with van der Waals surface area (Å²) in [7, 11) is 0. The molecule has 1 aliphatic rings. The number of aliphatic carboxylic acids is 1. The molecule has 1 N–H and O–H groups in total. The van der Waals surface area contributed by atoms with E-state index in [-0.39, 0.29) is 12.1 Å². The van der Waals surface area contributed by atoms with Crippen molar-refractivity contribution in [2.75, 3.05) is 11.4 Å². The molecule has 3 nitrogen and oxygen atoms in total. The normalized spacial score (nSPS) is 21.1. The summed E-state index contributed by atoms with van der Waals surface area (Å²) in [4.78, 5) is 13.2. The van der Waals surface area contributed by atoms with Crippen molar-refractivity contribution in [1.82, 2.24) is 0 Å². The largest absolute Gasteiger partial charge is 0.480 e. The van der Waals surface area contributed by atoms with Crippen molar-refractivity contribution in [3.05, 3.63) is 28.8 Å². The summed E-state index contributed by atoms with van der Waals surface area (Å²) in [5, 5.41) is 9.17. The van der Waals surface area contributed by atoms with Crippen LogP contribution in [0.4, 0.5) is 5.69 Å². The van der Waals surface area contributed by atoms with Crippen molar-refractivity contribution in [1.29, 1.82) is 0 Å². The van der Waals surface area contributed by atoms with E-state index in [4.69, 9.17) is 0 Å². The molecule has 1 aliphatic heterocycles. The first-order valence-corrected chi connectivity index (χ1v) is 6.83. The Morgan fingerprint density at radius 3 is 2.53 bits per heavy atom. The van der Waals surface area contributed by atoms with E-state index in [1.807, 2.05) is 4.90 Å². The molecular weight excluding hydrogens is 238 g/mol. The van der Waals surface area contributed by atoms with Gasteiger partial charge < -0.3 is 10.0 Å². The van der Waals surface area contributed by atoms with Gasteiger partial charge in [-0.25, -0.2) is 0 Å². The van der Waals surface area contributed by atoms with Gasteiger partial charge in [0.05, 0.1) is 0 Å². The summed E-state index contributed by atoms with van der Waals surface area (Å²) in [6, 6.07) is 4.37. The molecule has 1 atom stereocenters. The first kappa shape index (κ1) is 13.9. The molecule has 0 saturated carbocycles. The van der Waals surface area contributed by atoms with Crippen LogP contribution in [0.2, 0.25) is 0 Å². The van der Waals surface area contributed by atoms with Gasteiger partial charge in [-0.1, -0.05) is 13.0 Å². The Balaban J connectivity index is 2.57. The zero-order valence-corrected chi connectivity index (χ0v) is 12.4. The highest BCUT2D eigenvalue weighted by atomic mass is 16.4. The Labute approximate surface area is 115 Å². The molecule has 104 valence electrons. The number of hydrogen-bond donors (Lipinski definition) is 1. The number of fused-ring (bicyclic) bond motifs is 1. The molecule has 0 aromatic heterocycles. The summed E-state index contributed by atoms with van der Waals surface area (Å²) in [6.45, 7) is 10.8. The van der Waals surface area contributed by atoms with Crippen molar-refractivity contribution >= 4 is 11.7 Å². The predicted octanol–water partition coefficient (Wildman–Crippen LogP) is 3.48. The maximum atomic E-state index is 11.2. The molecule has 19 heavy (non-hydrogen) atoms. The zero-order valence-electron chi connectivity index (χ0n) is 12.4. The van der Waals surface area contributed by atoms with Crippen LogP contribution in [0.25, 0.3) is 0 Å². The molecule has 0 amide bonds. The Kier molecular flexibility index (Phi) is 3.33. The van der Waals surface area contributed by atoms with Gasteiger partial charge in [-0.2, -0.15) is 0 Å². The van der Waals surface area contributed by atoms with E-state index in [0.717, 1.165) is 12.1 Å². The SMILES string of the molecule is Cc1cc2c(cc1C)N(CC(=O)O)C(C)(C)C[C@H]2C. The van der Waals surface area contributed by atoms with Crippen molar-refractivity contribution < 1.29 is 9.90 Å². The van der Waals surface area contributed by atoms with Gasteiger partial charge in [-0.05, 0) is 62.8 Å². The third kappa shape index (κ3) is 2.46. The van der Waals surface area contributed by atoms with Gasteiger partial charge in [0.1, 0.15) is 6.54 Å². The third-order valence-electron chi connectivity index (χ3n) is 4.29. The molecule has 2 rings (SSSR count). The minimum atomic E-state index is -0.771. The number of carboxylic acid groups (broad SMARTS) is 1. The maximum absolute atomic E-state index is 11.2. The standard InChI is InChI=1S/C16H23NO2/c1-10-6-13-12(3)8-16(4,5)17(9-15(18)19)14(13)7-11(10)2/h6-7,12H,8-9H2,1-5H3,(H,18,19)/t12-/m1/s1. The van der Waals surface area contributed by atoms with Crippen molar-refractivity contribution in [3.63, 3.8) is 0 Å². The Morgan fingerprint density at radius 2 is 1.95 bits per heavy atom. The lowest BCUT2D eigenvalue weighted by Crippen LogP contribution is -2.50. The minimum Gasteiger partial charge on any atom is -0.480 e. The average molecular weight is 261 g/mol. The number of rotatable bonds is 2. The number of nitrogens with zero attached hydrogens (tertiary/aromatic N) is 1. The summed E-state index contributed by atoms with van der Waals surface area (Å²) >= 11 is 0. The third-order valence-corrected chi connectivity index (χ3v) is 4.29. The summed E-state index contributed by atoms with van der Waals surface area (Å²) < 4.78 is 0. The highest BCUT2D eigenvalue weighted by Crippen LogP contribution is 2.44. The van der Waals surface area contributed by atoms with Crippen molar-refractivity contribution in [2.24, 2.45) is 0 Å². The summed E-state index contributed by atoms with van der Waals surface area (Å²) in [5.41, 5.74) is 4.75. The van der Waals surface area contributed by atoms with E-state index in [9.17, 15) is 9.90 Å². The first-order valence-electron chi connectivity index (χ1n) is 6.83. The minimum absolute atomic E-state index is 0.0647. The quantitative estimate of drug-likeness (QED) is 0.886. The van der Waals surface area contributed by atoms with E-state index >= 15 is 0 Å². The second-order valence-corrected chi connectivity index (χ2v) is 6.39. The fraction of sp³-hybridized carbons (Fsp3) is 0.562. The van der Waals surface area contributed by atoms with Crippen molar-refractivity contribution in [3.8, 4) is 0 Å². The Bertz CT molecular complexity index is 520. The van der Waals surface area contributed by atoms with E-state index in [1.165, 1.54) is 16.7 Å². The van der Waals surface area contributed by atoms with Crippen LogP contribution in [0.3, 0.4) is 0 Å². The van der Waals surface area contributed by atoms with Crippen LogP contribution in [0.15, 0.2) is 12.1 Å². The monoisotopic (exact) mass is 261 g/mol. The van der Waals surface area contributed by atoms with Gasteiger partial charge in [-0.3, -0.25) is 4.79 Å². The number of aryl methyl sites for hydroxylation is 2. The molecule has 1 heterocycles. The van der Waals surface area contributed by atoms with Gasteiger partial charge >= 0.3 is 5.97 Å². The van der Waals surface area contributed by atoms with E-state index in [0.29, 0.717) is 5.92 Å². The van der Waals surface area contributed by atoms with Crippen LogP contribution in [0.5, 0.6) is 0 Å². The number of benzene rings is 1. The lowest BCUT2D eigenvalue weighted by atomic mass is 9.79. The molecule has 3 heteroatoms. The summed E-state index contributed by atoms with van der Waals surface area (Å²) in [6.07, 6.45) is 0.982. The molecule has 0 saturated heterocycles. The molecule has 0 aliphatic carbocycles. The fourth-order valence-electron chi connectivity index (χ4n) is 3.18. The van der Waals surface area contributed by atoms with Crippen LogP contribution in [0, 0.1) is 13.8 Å². The smallest absolute Gasteiger partial charge is 0.323 e. The number of carboxylic acids is 1. The molecule has 0 bridgehead atoms. The van der Waals surface area contributed by atoms with Gasteiger partial charge in [0.2, 0.25) is 0 Å². The van der Waals surface area contributed by atoms with Gasteiger partial charge in [0.25, 0.3) is 0 Å². The second kappa shape index (κ2) is 4.55. The molecule has 1 aromatic rings. The fourth-order valence-corrected chi connectivity index (χ4v) is 3.18. The molecule has 1 aromatic carbocycles. The van der Waals surface area contributed by atoms with Gasteiger partial charge in [0.15, 0.2) is 0 Å². The summed E-state index contributed by atoms with van der Waals surface area (Å²) in [5.74, 6) is -0.304. The topological polar surface area (TPSA) is 40.5 Å². The van der Waals surface area contributed by atoms with Crippen LogP contribution >= 0.6 is 0 Å². The van der Waals surface area contributed by atoms with Crippen LogP contribution in [0.1, 0.15) is 49.8 Å². The highest BCUT2D eigenvalue weighted by molar-refractivity contribution is 5.76. The number of carbonyl (C=O) groups is 1. The molecule has 0 radical (unpaired) electrons. The Morgan fingerprint density at radius 1 is 1.37 bits per heavy atom. The van der Waals surface area contributed by atoms with Crippen molar-refractivity contribution in [2.45, 2.75) is 52.5 Å². The first-order chi connectivity index (χ1) is 8.72. The molecular formula is C16H23NO2. The zero-order chi connectivity index (χ0) is 14.4. The Hall–Kier alpha value is -1.51. The van der Waals surface area contributed by atoms with Gasteiger partial charge in [-0.15, -0.1) is 0 Å². The number of anilines is 1. The van der Waals surface area contributed by atoms with E-state index in [1.54, 1.807) is 0 Å². The van der Waals surface area contributed by atoms with Crippen LogP contribution < -0.4 is 4.90 Å². The lowest BCUT2D eigenvalue weighted by Gasteiger charge is -2.47. The lowest BCUT2D eigenvalue weighted by molar-refractivity contribution is -0.135. The number of hydrogen-bond acceptors (Lipinski definition) is 2. The van der Waals surface area contributed by atoms with Crippen LogP contribution in [-0.4, -0.2) is 23.2 Å². The molecule has 0 fully saturated rings. The van der Waals surface area contributed by atoms with Gasteiger partial charge in [0, 0.05) is 11.2 Å². The molecule has 0 unspecified atom stereocenters. The second-order valence-electron chi connectivity index (χ2n) is 6.39.